The highest BCUT2D eigenvalue weighted by Crippen LogP contribution is 2.38. The molecule has 2 atom stereocenters. The molecule has 3 aromatic carbocycles. The van der Waals surface area contributed by atoms with Gasteiger partial charge in [-0.25, -0.2) is 4.79 Å². The average Bonchev–Trinajstić information content (AvgIpc) is 3.31. The maximum absolute atomic E-state index is 12.1. The summed E-state index contributed by atoms with van der Waals surface area (Å²) in [5.74, 6) is -0.143. The van der Waals surface area contributed by atoms with Crippen LogP contribution in [0, 0.1) is 0 Å². The molecule has 2 unspecified atom stereocenters. The summed E-state index contributed by atoms with van der Waals surface area (Å²) >= 11 is 0. The third-order valence-corrected chi connectivity index (χ3v) is 6.13. The summed E-state index contributed by atoms with van der Waals surface area (Å²) in [6.45, 7) is 1.95. The molecule has 6 heteroatoms. The normalized spacial score (nSPS) is 16.2. The number of benzene rings is 3. The van der Waals surface area contributed by atoms with Gasteiger partial charge in [0.15, 0.2) is 5.71 Å². The lowest BCUT2D eigenvalue weighted by Gasteiger charge is -2.15. The molecule has 6 nitrogen and oxygen atoms in total. The van der Waals surface area contributed by atoms with Crippen LogP contribution in [-0.4, -0.2) is 32.1 Å². The molecular weight excluding hydrogens is 428 g/mol. The fraction of sp³-hybridized carbons (Fsp3) is 0.250. The Morgan fingerprint density at radius 1 is 1.00 bits per heavy atom. The summed E-state index contributed by atoms with van der Waals surface area (Å²) in [5.41, 5.74) is 6.51. The first-order chi connectivity index (χ1) is 16.6. The minimum atomic E-state index is -0.595. The Bertz CT molecular complexity index is 1200. The van der Waals surface area contributed by atoms with E-state index in [2.05, 4.69) is 58.8 Å². The monoisotopic (exact) mass is 456 g/mol. The van der Waals surface area contributed by atoms with Crippen molar-refractivity contribution >= 4 is 17.9 Å². The molecule has 4 rings (SSSR count). The second kappa shape index (κ2) is 10.8. The highest BCUT2D eigenvalue weighted by atomic mass is 16.6. The van der Waals surface area contributed by atoms with Gasteiger partial charge in [-0.2, -0.15) is 0 Å². The minimum absolute atomic E-state index is 0.0594. The van der Waals surface area contributed by atoms with Gasteiger partial charge in [-0.15, -0.1) is 0 Å². The standard InChI is InChI=1S/C28H28N2O4/c1-19(20-12-14-22(15-13-20)25-17-16-21-8-4-6-10-24(21)25)34-29-18-23-9-5-7-11-26(23)27(30-33-3)28(31)32-2/h4-15,18-19,25H,16-17H2,1-3H3. The van der Waals surface area contributed by atoms with Crippen molar-refractivity contribution in [1.82, 2.24) is 0 Å². The Labute approximate surface area is 199 Å². The Hall–Kier alpha value is -3.93. The zero-order valence-electron chi connectivity index (χ0n) is 19.6. The van der Waals surface area contributed by atoms with E-state index in [0.717, 1.165) is 18.4 Å². The van der Waals surface area contributed by atoms with Gasteiger partial charge < -0.3 is 14.4 Å². The van der Waals surface area contributed by atoms with Crippen LogP contribution in [0.1, 0.15) is 58.7 Å². The lowest BCUT2D eigenvalue weighted by molar-refractivity contribution is -0.132. The van der Waals surface area contributed by atoms with E-state index in [1.54, 1.807) is 18.3 Å². The van der Waals surface area contributed by atoms with Gasteiger partial charge in [0.2, 0.25) is 0 Å². The van der Waals surface area contributed by atoms with E-state index >= 15 is 0 Å². The molecule has 0 N–H and O–H groups in total. The van der Waals surface area contributed by atoms with Crippen LogP contribution in [0.15, 0.2) is 83.1 Å². The molecule has 0 radical (unpaired) electrons. The quantitative estimate of drug-likeness (QED) is 0.259. The lowest BCUT2D eigenvalue weighted by Crippen LogP contribution is -2.19. The Morgan fingerprint density at radius 2 is 1.74 bits per heavy atom. The number of carbonyl (C=O) groups excluding carboxylic acids is 1. The SMILES string of the molecule is CON=C(C(=O)OC)c1ccccc1C=NOC(C)c1ccc(C2CCc3ccccc32)cc1. The van der Waals surface area contributed by atoms with Crippen molar-refractivity contribution in [2.45, 2.75) is 31.8 Å². The van der Waals surface area contributed by atoms with Gasteiger partial charge in [-0.3, -0.25) is 0 Å². The number of hydrogen-bond acceptors (Lipinski definition) is 6. The summed E-state index contributed by atoms with van der Waals surface area (Å²) in [6, 6.07) is 24.5. The number of methoxy groups -OCH3 is 1. The number of aryl methyl sites for hydroxylation is 1. The Balaban J connectivity index is 1.45. The second-order valence-corrected chi connectivity index (χ2v) is 8.14. The van der Waals surface area contributed by atoms with Gasteiger partial charge >= 0.3 is 5.97 Å². The Morgan fingerprint density at radius 3 is 2.50 bits per heavy atom. The van der Waals surface area contributed by atoms with Crippen molar-refractivity contribution in [3.05, 3.63) is 106 Å². The van der Waals surface area contributed by atoms with E-state index in [1.807, 2.05) is 19.1 Å². The summed E-state index contributed by atoms with van der Waals surface area (Å²) in [4.78, 5) is 22.6. The van der Waals surface area contributed by atoms with Crippen molar-refractivity contribution < 1.29 is 19.2 Å². The highest BCUT2D eigenvalue weighted by Gasteiger charge is 2.23. The molecule has 0 aromatic heterocycles. The highest BCUT2D eigenvalue weighted by molar-refractivity contribution is 6.44. The molecule has 0 fully saturated rings. The number of nitrogens with zero attached hydrogens (tertiary/aromatic N) is 2. The topological polar surface area (TPSA) is 69.5 Å². The third-order valence-electron chi connectivity index (χ3n) is 6.13. The maximum Gasteiger partial charge on any atom is 0.360 e. The van der Waals surface area contributed by atoms with Crippen LogP contribution >= 0.6 is 0 Å². The number of fused-ring (bicyclic) bond motifs is 1. The van der Waals surface area contributed by atoms with Crippen LogP contribution in [0.2, 0.25) is 0 Å². The third kappa shape index (κ3) is 5.01. The largest absolute Gasteiger partial charge is 0.464 e. The van der Waals surface area contributed by atoms with Crippen molar-refractivity contribution in [3.8, 4) is 0 Å². The van der Waals surface area contributed by atoms with Crippen molar-refractivity contribution in [2.24, 2.45) is 10.3 Å². The van der Waals surface area contributed by atoms with Crippen LogP contribution in [0.3, 0.4) is 0 Å². The van der Waals surface area contributed by atoms with E-state index in [-0.39, 0.29) is 11.8 Å². The van der Waals surface area contributed by atoms with E-state index in [1.165, 1.54) is 30.9 Å². The van der Waals surface area contributed by atoms with Crippen LogP contribution in [0.25, 0.3) is 0 Å². The predicted molar refractivity (Wildman–Crippen MR) is 132 cm³/mol. The fourth-order valence-electron chi connectivity index (χ4n) is 4.35. The molecule has 1 aliphatic carbocycles. The molecule has 174 valence electrons. The number of ether oxygens (including phenoxy) is 1. The van der Waals surface area contributed by atoms with Crippen LogP contribution in [0.4, 0.5) is 0 Å². The Kier molecular flexibility index (Phi) is 7.38. The number of rotatable bonds is 8. The number of hydrogen-bond donors (Lipinski definition) is 0. The molecule has 0 saturated heterocycles. The van der Waals surface area contributed by atoms with Crippen molar-refractivity contribution in [2.75, 3.05) is 14.2 Å². The van der Waals surface area contributed by atoms with E-state index in [4.69, 9.17) is 14.4 Å². The van der Waals surface area contributed by atoms with Gasteiger partial charge in [-0.05, 0) is 42.0 Å². The molecule has 1 aliphatic rings. The van der Waals surface area contributed by atoms with Crippen molar-refractivity contribution in [1.29, 1.82) is 0 Å². The summed E-state index contributed by atoms with van der Waals surface area (Å²) in [5, 5.41) is 7.97. The predicted octanol–water partition coefficient (Wildman–Crippen LogP) is 5.40. The van der Waals surface area contributed by atoms with Crippen LogP contribution < -0.4 is 0 Å². The van der Waals surface area contributed by atoms with Crippen molar-refractivity contribution in [3.63, 3.8) is 0 Å². The van der Waals surface area contributed by atoms with E-state index in [9.17, 15) is 4.79 Å². The first-order valence-corrected chi connectivity index (χ1v) is 11.3. The summed E-state index contributed by atoms with van der Waals surface area (Å²) in [6.07, 6.45) is 3.60. The van der Waals surface area contributed by atoms with Gasteiger partial charge in [-0.1, -0.05) is 83.1 Å². The van der Waals surface area contributed by atoms with Crippen LogP contribution in [-0.2, 0) is 25.6 Å². The number of oxime groups is 2. The molecule has 0 heterocycles. The molecule has 0 saturated carbocycles. The molecule has 0 bridgehead atoms. The van der Waals surface area contributed by atoms with Gasteiger partial charge in [0, 0.05) is 17.0 Å². The zero-order valence-corrected chi connectivity index (χ0v) is 19.6. The molecule has 0 amide bonds. The van der Waals surface area contributed by atoms with Crippen LogP contribution in [0.5, 0.6) is 0 Å². The minimum Gasteiger partial charge on any atom is -0.464 e. The van der Waals surface area contributed by atoms with Gasteiger partial charge in [0.25, 0.3) is 0 Å². The maximum atomic E-state index is 12.1. The summed E-state index contributed by atoms with van der Waals surface area (Å²) in [7, 11) is 2.67. The zero-order chi connectivity index (χ0) is 23.9. The van der Waals surface area contributed by atoms with E-state index < -0.39 is 5.97 Å². The first kappa shape index (κ1) is 23.2. The first-order valence-electron chi connectivity index (χ1n) is 11.3. The molecule has 3 aromatic rings. The number of carbonyl (C=O) groups is 1. The second-order valence-electron chi connectivity index (χ2n) is 8.14. The van der Waals surface area contributed by atoms with Gasteiger partial charge in [0.1, 0.15) is 13.2 Å². The van der Waals surface area contributed by atoms with Gasteiger partial charge in [0.05, 0.1) is 13.3 Å². The van der Waals surface area contributed by atoms with E-state index in [0.29, 0.717) is 17.0 Å². The molecule has 34 heavy (non-hydrogen) atoms. The fourth-order valence-corrected chi connectivity index (χ4v) is 4.35. The smallest absolute Gasteiger partial charge is 0.360 e. The molecule has 0 spiro atoms. The molecule has 0 aliphatic heterocycles. The molecular formula is C28H28N2O4. The average molecular weight is 457 g/mol. The number of esters is 1. The lowest BCUT2D eigenvalue weighted by atomic mass is 9.92. The summed E-state index contributed by atoms with van der Waals surface area (Å²) < 4.78 is 4.82.